The molecule has 0 aliphatic heterocycles. The molecular formula is C17H14Cl2F3NO. The molecule has 0 bridgehead atoms. The molecule has 7 heteroatoms. The lowest BCUT2D eigenvalue weighted by atomic mass is 10.0. The summed E-state index contributed by atoms with van der Waals surface area (Å²) in [7, 11) is 0. The van der Waals surface area contributed by atoms with E-state index in [0.29, 0.717) is 5.02 Å². The van der Waals surface area contributed by atoms with Gasteiger partial charge in [0, 0.05) is 15.6 Å². The Hall–Kier alpha value is -1.72. The highest BCUT2D eigenvalue weighted by molar-refractivity contribution is 6.31. The summed E-state index contributed by atoms with van der Waals surface area (Å²) in [5, 5.41) is 4.66. The van der Waals surface area contributed by atoms with Gasteiger partial charge in [-0.2, -0.15) is 13.2 Å². The molecule has 128 valence electrons. The highest BCUT2D eigenvalue weighted by Gasteiger charge is 2.34. The van der Waals surface area contributed by atoms with Gasteiger partial charge in [-0.05, 0) is 42.3 Å². The third-order valence-corrected chi connectivity index (χ3v) is 3.74. The van der Waals surface area contributed by atoms with Crippen molar-refractivity contribution in [3.8, 4) is 0 Å². The van der Waals surface area contributed by atoms with Crippen LogP contribution in [0.25, 0.3) is 0 Å². The average Bonchev–Trinajstić information content (AvgIpc) is 2.52. The van der Waals surface area contributed by atoms with E-state index in [-0.39, 0.29) is 29.3 Å². The van der Waals surface area contributed by atoms with Crippen molar-refractivity contribution in [2.45, 2.75) is 26.1 Å². The molecule has 0 fully saturated rings. The second kappa shape index (κ2) is 7.90. The molecule has 0 atom stereocenters. The van der Waals surface area contributed by atoms with E-state index in [0.717, 1.165) is 11.6 Å². The molecule has 2 aromatic rings. The van der Waals surface area contributed by atoms with Gasteiger partial charge in [-0.3, -0.25) is 0 Å². The lowest BCUT2D eigenvalue weighted by Gasteiger charge is -2.14. The smallest absolute Gasteiger partial charge is 0.391 e. The largest absolute Gasteiger partial charge is 0.417 e. The van der Waals surface area contributed by atoms with Gasteiger partial charge in [-0.15, -0.1) is 0 Å². The molecule has 0 aliphatic rings. The molecule has 0 unspecified atom stereocenters. The number of hydrogen-bond acceptors (Lipinski definition) is 2. The van der Waals surface area contributed by atoms with Crippen LogP contribution in [0.3, 0.4) is 0 Å². The van der Waals surface area contributed by atoms with Crippen LogP contribution in [0.15, 0.2) is 47.6 Å². The number of oxime groups is 1. The summed E-state index contributed by atoms with van der Waals surface area (Å²) in [5.74, 6) is 0. The molecule has 0 spiro atoms. The number of nitrogens with zero attached hydrogens (tertiary/aromatic N) is 1. The molecular weight excluding hydrogens is 362 g/mol. The summed E-state index contributed by atoms with van der Waals surface area (Å²) in [6.45, 7) is 1.83. The van der Waals surface area contributed by atoms with E-state index < -0.39 is 11.7 Å². The fourth-order valence-corrected chi connectivity index (χ4v) is 2.37. The molecule has 2 aromatic carbocycles. The van der Waals surface area contributed by atoms with Crippen LogP contribution in [0.4, 0.5) is 13.2 Å². The number of halogens is 5. The number of alkyl halides is 3. The molecule has 0 aliphatic carbocycles. The maximum atomic E-state index is 13.2. The van der Waals surface area contributed by atoms with Gasteiger partial charge in [-0.1, -0.05) is 47.4 Å². The van der Waals surface area contributed by atoms with Crippen LogP contribution in [0.2, 0.25) is 10.0 Å². The molecule has 0 radical (unpaired) electrons. The normalized spacial score (nSPS) is 12.3. The first kappa shape index (κ1) is 18.6. The number of rotatable bonds is 5. The van der Waals surface area contributed by atoms with E-state index in [1.165, 1.54) is 12.1 Å². The van der Waals surface area contributed by atoms with Gasteiger partial charge in [0.25, 0.3) is 0 Å². The molecule has 24 heavy (non-hydrogen) atoms. The van der Waals surface area contributed by atoms with Crippen molar-refractivity contribution in [1.29, 1.82) is 0 Å². The van der Waals surface area contributed by atoms with Crippen LogP contribution in [-0.2, 0) is 17.6 Å². The Morgan fingerprint density at radius 3 is 2.25 bits per heavy atom. The minimum atomic E-state index is -4.49. The SMILES string of the molecule is CC/C(=N\OCc1ccc(Cl)cc1)c1cc(Cl)ccc1C(F)(F)F. The van der Waals surface area contributed by atoms with Crippen molar-refractivity contribution in [2.24, 2.45) is 5.16 Å². The van der Waals surface area contributed by atoms with Gasteiger partial charge < -0.3 is 4.84 Å². The average molecular weight is 376 g/mol. The van der Waals surface area contributed by atoms with E-state index in [1.54, 1.807) is 31.2 Å². The third-order valence-electron chi connectivity index (χ3n) is 3.25. The predicted molar refractivity (Wildman–Crippen MR) is 89.5 cm³/mol. The third kappa shape index (κ3) is 4.89. The molecule has 0 aromatic heterocycles. The molecule has 2 rings (SSSR count). The number of benzene rings is 2. The Morgan fingerprint density at radius 1 is 1.04 bits per heavy atom. The fourth-order valence-electron chi connectivity index (χ4n) is 2.07. The monoisotopic (exact) mass is 375 g/mol. The molecule has 0 N–H and O–H groups in total. The summed E-state index contributed by atoms with van der Waals surface area (Å²) in [4.78, 5) is 5.21. The van der Waals surface area contributed by atoms with Gasteiger partial charge in [0.2, 0.25) is 0 Å². The zero-order valence-electron chi connectivity index (χ0n) is 12.7. The summed E-state index contributed by atoms with van der Waals surface area (Å²) in [6.07, 6.45) is -4.23. The first-order valence-electron chi connectivity index (χ1n) is 7.11. The van der Waals surface area contributed by atoms with Crippen molar-refractivity contribution < 1.29 is 18.0 Å². The van der Waals surface area contributed by atoms with Crippen LogP contribution >= 0.6 is 23.2 Å². The fraction of sp³-hybridized carbons (Fsp3) is 0.235. The topological polar surface area (TPSA) is 21.6 Å². The van der Waals surface area contributed by atoms with E-state index in [2.05, 4.69) is 5.16 Å². The Balaban J connectivity index is 2.24. The Bertz CT molecular complexity index is 728. The van der Waals surface area contributed by atoms with Crippen LogP contribution in [0.5, 0.6) is 0 Å². The predicted octanol–water partition coefficient (Wildman–Crippen LogP) is 6.34. The first-order chi connectivity index (χ1) is 11.3. The lowest BCUT2D eigenvalue weighted by molar-refractivity contribution is -0.137. The van der Waals surface area contributed by atoms with Crippen LogP contribution in [0, 0.1) is 0 Å². The minimum absolute atomic E-state index is 0.0754. The zero-order valence-corrected chi connectivity index (χ0v) is 14.2. The quantitative estimate of drug-likeness (QED) is 0.441. The van der Waals surface area contributed by atoms with Gasteiger partial charge in [0.15, 0.2) is 0 Å². The molecule has 0 saturated heterocycles. The van der Waals surface area contributed by atoms with Gasteiger partial charge >= 0.3 is 6.18 Å². The Kier molecular flexibility index (Phi) is 6.13. The summed E-state index contributed by atoms with van der Waals surface area (Å²) >= 11 is 11.6. The second-order valence-corrected chi connectivity index (χ2v) is 5.85. The van der Waals surface area contributed by atoms with Crippen molar-refractivity contribution in [3.63, 3.8) is 0 Å². The van der Waals surface area contributed by atoms with E-state index >= 15 is 0 Å². The highest BCUT2D eigenvalue weighted by atomic mass is 35.5. The van der Waals surface area contributed by atoms with E-state index in [9.17, 15) is 13.2 Å². The van der Waals surface area contributed by atoms with E-state index in [4.69, 9.17) is 28.0 Å². The first-order valence-corrected chi connectivity index (χ1v) is 7.87. The zero-order chi connectivity index (χ0) is 17.7. The van der Waals surface area contributed by atoms with Crippen molar-refractivity contribution in [2.75, 3.05) is 0 Å². The second-order valence-electron chi connectivity index (χ2n) is 4.98. The molecule has 0 heterocycles. The summed E-state index contributed by atoms with van der Waals surface area (Å²) < 4.78 is 39.5. The Labute approximate surface area is 147 Å². The van der Waals surface area contributed by atoms with Gasteiger partial charge in [0.05, 0.1) is 11.3 Å². The van der Waals surface area contributed by atoms with Crippen LogP contribution in [-0.4, -0.2) is 5.71 Å². The Morgan fingerprint density at radius 2 is 1.67 bits per heavy atom. The van der Waals surface area contributed by atoms with E-state index in [1.807, 2.05) is 0 Å². The van der Waals surface area contributed by atoms with Crippen LogP contribution < -0.4 is 0 Å². The van der Waals surface area contributed by atoms with Crippen LogP contribution in [0.1, 0.15) is 30.0 Å². The van der Waals surface area contributed by atoms with Crippen molar-refractivity contribution >= 4 is 28.9 Å². The maximum absolute atomic E-state index is 13.2. The highest BCUT2D eigenvalue weighted by Crippen LogP contribution is 2.34. The number of hydrogen-bond donors (Lipinski definition) is 0. The minimum Gasteiger partial charge on any atom is -0.391 e. The molecule has 0 saturated carbocycles. The van der Waals surface area contributed by atoms with Crippen molar-refractivity contribution in [1.82, 2.24) is 0 Å². The summed E-state index contributed by atoms with van der Waals surface area (Å²) in [6, 6.07) is 10.3. The lowest BCUT2D eigenvalue weighted by Crippen LogP contribution is -2.13. The van der Waals surface area contributed by atoms with Gasteiger partial charge in [0.1, 0.15) is 6.61 Å². The van der Waals surface area contributed by atoms with Crippen molar-refractivity contribution in [3.05, 3.63) is 69.2 Å². The molecule has 2 nitrogen and oxygen atoms in total. The van der Waals surface area contributed by atoms with Gasteiger partial charge in [-0.25, -0.2) is 0 Å². The molecule has 0 amide bonds. The maximum Gasteiger partial charge on any atom is 0.417 e. The summed E-state index contributed by atoms with van der Waals surface area (Å²) in [5.41, 5.74) is 0.121. The standard InChI is InChI=1S/C17H14Cl2F3NO/c1-2-16(23-24-10-11-3-5-12(18)6-4-11)14-9-13(19)7-8-15(14)17(20,21)22/h3-9H,2,10H2,1H3/b23-16+.